The van der Waals surface area contributed by atoms with Gasteiger partial charge in [-0.25, -0.2) is 4.79 Å². The second-order valence-corrected chi connectivity index (χ2v) is 15.9. The largest absolute Gasteiger partial charge is 0.593 e. The molecule has 0 bridgehead atoms. The van der Waals surface area contributed by atoms with E-state index in [1.165, 1.54) is 0 Å². The molecule has 3 heterocycles. The molecule has 1 saturated carbocycles. The van der Waals surface area contributed by atoms with Gasteiger partial charge in [0.25, 0.3) is 0 Å². The summed E-state index contributed by atoms with van der Waals surface area (Å²) in [7, 11) is 0. The molecule has 3 saturated heterocycles. The number of hydrogen-bond acceptors (Lipinski definition) is 10. The van der Waals surface area contributed by atoms with Crippen molar-refractivity contribution in [3.8, 4) is 11.5 Å². The third-order valence-electron chi connectivity index (χ3n) is 9.81. The average molecular weight is 715 g/mol. The van der Waals surface area contributed by atoms with Crippen LogP contribution in [0.3, 0.4) is 0 Å². The third kappa shape index (κ3) is 10.7. The van der Waals surface area contributed by atoms with Gasteiger partial charge < -0.3 is 43.4 Å². The molecule has 6 rings (SSSR count). The van der Waals surface area contributed by atoms with E-state index in [-0.39, 0.29) is 37.3 Å². The van der Waals surface area contributed by atoms with Gasteiger partial charge in [-0.1, -0.05) is 44.2 Å². The number of aliphatic hydroxyl groups excluding tert-OH is 1. The topological polar surface area (TPSA) is 131 Å². The second kappa shape index (κ2) is 18.3. The molecular weight excluding hydrogens is 660 g/mol. The Labute approximate surface area is 299 Å². The maximum absolute atomic E-state index is 14.5. The monoisotopic (exact) mass is 714 g/mol. The molecule has 3 aliphatic heterocycles. The number of aliphatic hydroxyl groups is 1. The van der Waals surface area contributed by atoms with Crippen molar-refractivity contribution in [2.24, 2.45) is 11.8 Å². The summed E-state index contributed by atoms with van der Waals surface area (Å²) >= 11 is -1.70. The molecule has 1 amide bonds. The highest BCUT2D eigenvalue weighted by molar-refractivity contribution is 7.89. The molecule has 8 atom stereocenters. The van der Waals surface area contributed by atoms with Crippen LogP contribution in [0.1, 0.15) is 77.2 Å². The lowest BCUT2D eigenvalue weighted by molar-refractivity contribution is -0.109. The molecule has 276 valence electrons. The van der Waals surface area contributed by atoms with Crippen LogP contribution in [-0.2, 0) is 36.7 Å². The maximum atomic E-state index is 14.5. The van der Waals surface area contributed by atoms with Gasteiger partial charge in [-0.3, -0.25) is 0 Å². The van der Waals surface area contributed by atoms with Crippen molar-refractivity contribution < 1.29 is 42.9 Å². The molecule has 12 heteroatoms. The Morgan fingerprint density at radius 3 is 2.20 bits per heavy atom. The summed E-state index contributed by atoms with van der Waals surface area (Å²) < 4.78 is 52.0. The summed E-state index contributed by atoms with van der Waals surface area (Å²) in [5.74, 6) is 1.58. The van der Waals surface area contributed by atoms with Crippen LogP contribution in [0.2, 0.25) is 0 Å². The van der Waals surface area contributed by atoms with Gasteiger partial charge >= 0.3 is 6.09 Å². The molecule has 4 unspecified atom stereocenters. The van der Waals surface area contributed by atoms with Crippen LogP contribution in [0.25, 0.3) is 0 Å². The van der Waals surface area contributed by atoms with Crippen LogP contribution in [0.4, 0.5) is 4.79 Å². The Balaban J connectivity index is 1.18. The van der Waals surface area contributed by atoms with E-state index in [0.29, 0.717) is 54.9 Å². The van der Waals surface area contributed by atoms with Gasteiger partial charge in [0.2, 0.25) is 0 Å². The number of amides is 1. The highest BCUT2D eigenvalue weighted by Crippen LogP contribution is 2.37. The Morgan fingerprint density at radius 2 is 1.60 bits per heavy atom. The second-order valence-electron chi connectivity index (χ2n) is 14.4. The summed E-state index contributed by atoms with van der Waals surface area (Å²) in [4.78, 5) is 13.7. The number of nitrogens with zero attached hydrogens (tertiary/aromatic N) is 1. The minimum atomic E-state index is -1.70. The summed E-state index contributed by atoms with van der Waals surface area (Å²) in [6.07, 6.45) is 5.96. The number of carbonyl (C=O) groups is 1. The molecule has 0 aromatic heterocycles. The highest BCUT2D eigenvalue weighted by atomic mass is 32.2. The Hall–Kier alpha value is -2.58. The van der Waals surface area contributed by atoms with Crippen LogP contribution in [0.5, 0.6) is 11.5 Å². The van der Waals surface area contributed by atoms with Crippen LogP contribution >= 0.6 is 0 Å². The summed E-state index contributed by atoms with van der Waals surface area (Å²) in [5, 5.41) is 14.7. The smallest absolute Gasteiger partial charge is 0.407 e. The normalized spacial score (nSPS) is 27.0. The number of nitrogens with one attached hydrogen (secondary N) is 1. The lowest BCUT2D eigenvalue weighted by Crippen LogP contribution is -2.51. The van der Waals surface area contributed by atoms with E-state index in [9.17, 15) is 14.5 Å². The zero-order valence-electron chi connectivity index (χ0n) is 29.4. The molecule has 50 heavy (non-hydrogen) atoms. The first-order valence-corrected chi connectivity index (χ1v) is 19.6. The fraction of sp³-hybridized carbons (Fsp3) is 0.658. The third-order valence-corrected chi connectivity index (χ3v) is 11.2. The van der Waals surface area contributed by atoms with Gasteiger partial charge in [-0.05, 0) is 62.3 Å². The van der Waals surface area contributed by atoms with E-state index in [2.05, 4.69) is 5.32 Å². The highest BCUT2D eigenvalue weighted by Gasteiger charge is 2.41. The number of alkyl carbamates (subject to hydrolysis) is 1. The number of rotatable bonds is 15. The minimum Gasteiger partial charge on any atom is -0.593 e. The van der Waals surface area contributed by atoms with E-state index in [1.807, 2.05) is 44.2 Å². The molecule has 4 fully saturated rings. The number of ether oxygens (including phenoxy) is 6. The van der Waals surface area contributed by atoms with E-state index >= 15 is 0 Å². The van der Waals surface area contributed by atoms with Gasteiger partial charge in [-0.15, -0.1) is 4.31 Å². The van der Waals surface area contributed by atoms with Crippen molar-refractivity contribution in [1.82, 2.24) is 9.62 Å². The summed E-state index contributed by atoms with van der Waals surface area (Å²) in [6, 6.07) is 14.4. The van der Waals surface area contributed by atoms with E-state index in [1.54, 1.807) is 22.5 Å². The molecule has 11 nitrogen and oxygen atoms in total. The zero-order valence-corrected chi connectivity index (χ0v) is 30.2. The van der Waals surface area contributed by atoms with Gasteiger partial charge in [-0.2, -0.15) is 0 Å². The lowest BCUT2D eigenvalue weighted by Gasteiger charge is -2.31. The predicted octanol–water partition coefficient (Wildman–Crippen LogP) is 5.74. The molecular formula is C38H54N2O9S. The Bertz CT molecular complexity index is 1290. The first-order valence-electron chi connectivity index (χ1n) is 18.5. The molecule has 2 N–H and O–H groups in total. The standard InChI is InChI=1S/C38H54N2O9S/c1-26(2)24-40(50(43)32-21-30(47-36-12-6-8-15-45-36)20-31(22-32)48-37-13-7-9-16-46-37)25-34(41)33(18-27-10-4-3-5-11-27)39-38(42)49-29-19-28-14-17-44-35(28)23-29/h3-5,10-11,20-22,26,28-29,33-37,41H,6-9,12-19,23-25H2,1-2H3,(H,39,42)/t28-,29?,33-,34+,35+,36?,37?,50?/m0/s1. The number of carbonyl (C=O) groups excluding carboxylic acids is 1. The molecule has 1 aliphatic carbocycles. The van der Waals surface area contributed by atoms with E-state index in [4.69, 9.17) is 28.4 Å². The Morgan fingerprint density at radius 1 is 0.920 bits per heavy atom. The van der Waals surface area contributed by atoms with Crippen molar-refractivity contribution in [3.05, 3.63) is 54.1 Å². The molecule has 2 aromatic carbocycles. The van der Waals surface area contributed by atoms with Gasteiger partial charge in [0.1, 0.15) is 17.6 Å². The average Bonchev–Trinajstić information content (AvgIpc) is 3.70. The van der Waals surface area contributed by atoms with Crippen molar-refractivity contribution in [1.29, 1.82) is 0 Å². The predicted molar refractivity (Wildman–Crippen MR) is 188 cm³/mol. The first kappa shape index (κ1) is 37.2. The first-order chi connectivity index (χ1) is 24.3. The quantitative estimate of drug-likeness (QED) is 0.220. The fourth-order valence-electron chi connectivity index (χ4n) is 7.30. The Kier molecular flexibility index (Phi) is 13.6. The fourth-order valence-corrected chi connectivity index (χ4v) is 8.75. The van der Waals surface area contributed by atoms with Gasteiger partial charge in [0.05, 0.1) is 49.4 Å². The van der Waals surface area contributed by atoms with Crippen molar-refractivity contribution in [2.45, 2.75) is 120 Å². The molecule has 0 radical (unpaired) electrons. The maximum Gasteiger partial charge on any atom is 0.407 e. The van der Waals surface area contributed by atoms with Crippen LogP contribution < -0.4 is 14.8 Å². The number of benzene rings is 2. The van der Waals surface area contributed by atoms with Gasteiger partial charge in [0.15, 0.2) is 17.5 Å². The van der Waals surface area contributed by atoms with Crippen molar-refractivity contribution >= 4 is 17.5 Å². The van der Waals surface area contributed by atoms with Gasteiger partial charge in [0, 0.05) is 50.6 Å². The summed E-state index contributed by atoms with van der Waals surface area (Å²) in [5.41, 5.74) is 0.957. The van der Waals surface area contributed by atoms with Crippen LogP contribution in [0.15, 0.2) is 53.4 Å². The van der Waals surface area contributed by atoms with Crippen LogP contribution in [-0.4, -0.2) is 89.9 Å². The molecule has 2 aromatic rings. The summed E-state index contributed by atoms with van der Waals surface area (Å²) in [6.45, 7) is 6.61. The SMILES string of the molecule is CC(C)CN(C[C@@H](O)[C@H](Cc1ccccc1)NC(=O)OC1C[C@@H]2CCO[C@@H]2C1)[S+]([O-])c1cc(OC2CCCCO2)cc(OC2CCCCO2)c1. The lowest BCUT2D eigenvalue weighted by atomic mass is 10.0. The van der Waals surface area contributed by atoms with Crippen molar-refractivity contribution in [3.63, 3.8) is 0 Å². The van der Waals surface area contributed by atoms with E-state index < -0.39 is 29.6 Å². The van der Waals surface area contributed by atoms with Crippen LogP contribution in [0, 0.1) is 11.8 Å². The number of hydrogen-bond donors (Lipinski definition) is 2. The molecule has 4 aliphatic rings. The molecule has 0 spiro atoms. The number of fused-ring (bicyclic) bond motifs is 1. The van der Waals surface area contributed by atoms with E-state index in [0.717, 1.165) is 63.5 Å². The van der Waals surface area contributed by atoms with Crippen molar-refractivity contribution in [2.75, 3.05) is 32.9 Å². The zero-order chi connectivity index (χ0) is 34.9. The minimum absolute atomic E-state index is 0.0444.